The molecule has 98 valence electrons. The summed E-state index contributed by atoms with van der Waals surface area (Å²) in [4.78, 5) is 11.6. The van der Waals surface area contributed by atoms with Crippen LogP contribution in [0.3, 0.4) is 0 Å². The quantitative estimate of drug-likeness (QED) is 0.442. The molecule has 0 aromatic carbocycles. The minimum atomic E-state index is -1.21. The van der Waals surface area contributed by atoms with Gasteiger partial charge in [0.2, 0.25) is 0 Å². The normalized spacial score (nSPS) is 25.0. The Morgan fingerprint density at radius 2 is 1.76 bits per heavy atom. The zero-order valence-electron chi connectivity index (χ0n) is 11.9. The molecule has 0 aromatic heterocycles. The highest BCUT2D eigenvalue weighted by Gasteiger charge is 2.50. The van der Waals surface area contributed by atoms with Crippen molar-refractivity contribution in [1.29, 1.82) is 0 Å². The third-order valence-corrected chi connectivity index (χ3v) is 14.5. The maximum absolute atomic E-state index is 11.6. The maximum atomic E-state index is 11.6. The Balaban J connectivity index is 2.97. The molecular weight excluding hydrogens is 244 g/mol. The number of carbonyl (C=O) groups excluding carboxylic acids is 1. The van der Waals surface area contributed by atoms with Crippen molar-refractivity contribution in [3.63, 3.8) is 0 Å². The molecule has 1 fully saturated rings. The second-order valence-electron chi connectivity index (χ2n) is 7.02. The zero-order valence-corrected chi connectivity index (χ0v) is 13.9. The third-order valence-electron chi connectivity index (χ3n) is 3.69. The molecule has 4 heteroatoms. The van der Waals surface area contributed by atoms with E-state index in [2.05, 4.69) is 39.7 Å². The van der Waals surface area contributed by atoms with E-state index in [4.69, 9.17) is 4.74 Å². The summed E-state index contributed by atoms with van der Waals surface area (Å²) in [7, 11) is -2.42. The molecule has 0 aromatic rings. The van der Waals surface area contributed by atoms with Gasteiger partial charge in [0.25, 0.3) is 0 Å². The predicted molar refractivity (Wildman–Crippen MR) is 78.7 cm³/mol. The van der Waals surface area contributed by atoms with Gasteiger partial charge in [-0.1, -0.05) is 45.4 Å². The Hall–Kier alpha value is -0.356. The van der Waals surface area contributed by atoms with Crippen molar-refractivity contribution in [3.8, 4) is 0 Å². The Bertz CT molecular complexity index is 305. The second-order valence-corrected chi connectivity index (χ2v) is 17.8. The molecule has 1 rings (SSSR count). The lowest BCUT2D eigenvalue weighted by Crippen LogP contribution is -2.56. The minimum Gasteiger partial charge on any atom is -0.457 e. The van der Waals surface area contributed by atoms with Crippen LogP contribution < -0.4 is 0 Å². The van der Waals surface area contributed by atoms with Gasteiger partial charge in [0, 0.05) is 22.2 Å². The Morgan fingerprint density at radius 1 is 1.29 bits per heavy atom. The number of hydrogen-bond acceptors (Lipinski definition) is 2. The van der Waals surface area contributed by atoms with Crippen molar-refractivity contribution in [2.75, 3.05) is 0 Å². The van der Waals surface area contributed by atoms with Crippen molar-refractivity contribution < 1.29 is 9.53 Å². The van der Waals surface area contributed by atoms with Crippen molar-refractivity contribution >= 4 is 22.1 Å². The lowest BCUT2D eigenvalue weighted by molar-refractivity contribution is -0.150. The molecule has 0 spiro atoms. The van der Waals surface area contributed by atoms with Crippen molar-refractivity contribution in [1.82, 2.24) is 0 Å². The largest absolute Gasteiger partial charge is 0.457 e. The smallest absolute Gasteiger partial charge is 0.330 e. The molecule has 0 aliphatic carbocycles. The van der Waals surface area contributed by atoms with E-state index < -0.39 is 16.1 Å². The molecule has 0 radical (unpaired) electrons. The fourth-order valence-corrected chi connectivity index (χ4v) is 19.9. The summed E-state index contributed by atoms with van der Waals surface area (Å²) in [6, 6.07) is 2.24. The van der Waals surface area contributed by atoms with Crippen molar-refractivity contribution in [2.24, 2.45) is 0 Å². The van der Waals surface area contributed by atoms with Gasteiger partial charge in [-0.15, -0.1) is 0 Å². The standard InChI is InChI=1S/C13H26O2Si2/c1-7-12(14)15-13(8-2)9-16(3,4)11-17(5,6)10-13/h7H,1,8-11H2,2-6H3. The summed E-state index contributed by atoms with van der Waals surface area (Å²) in [6.45, 7) is 15.4. The van der Waals surface area contributed by atoms with Crippen LogP contribution in [-0.4, -0.2) is 27.7 Å². The summed E-state index contributed by atoms with van der Waals surface area (Å²) in [6.07, 6.45) is 2.24. The highest BCUT2D eigenvalue weighted by molar-refractivity contribution is 6.96. The van der Waals surface area contributed by atoms with Gasteiger partial charge in [-0.25, -0.2) is 4.79 Å². The second kappa shape index (κ2) is 4.73. The molecule has 1 saturated heterocycles. The van der Waals surface area contributed by atoms with Gasteiger partial charge in [-0.3, -0.25) is 0 Å². The first kappa shape index (κ1) is 14.7. The lowest BCUT2D eigenvalue weighted by Gasteiger charge is -2.49. The van der Waals surface area contributed by atoms with E-state index in [1.165, 1.54) is 11.7 Å². The maximum Gasteiger partial charge on any atom is 0.330 e. The number of rotatable bonds is 3. The Morgan fingerprint density at radius 3 is 2.12 bits per heavy atom. The molecule has 1 heterocycles. The van der Waals surface area contributed by atoms with E-state index in [1.54, 1.807) is 0 Å². The van der Waals surface area contributed by atoms with Crippen LogP contribution in [0.5, 0.6) is 0 Å². The van der Waals surface area contributed by atoms with Crippen molar-refractivity contribution in [3.05, 3.63) is 12.7 Å². The molecule has 17 heavy (non-hydrogen) atoms. The van der Waals surface area contributed by atoms with Gasteiger partial charge in [-0.2, -0.15) is 0 Å². The van der Waals surface area contributed by atoms with Gasteiger partial charge < -0.3 is 4.74 Å². The van der Waals surface area contributed by atoms with Crippen LogP contribution in [0, 0.1) is 0 Å². The van der Waals surface area contributed by atoms with Gasteiger partial charge in [0.15, 0.2) is 0 Å². The number of carbonyl (C=O) groups is 1. The van der Waals surface area contributed by atoms with Crippen LogP contribution >= 0.6 is 0 Å². The molecule has 2 nitrogen and oxygen atoms in total. The number of esters is 1. The molecular formula is C13H26O2Si2. The van der Waals surface area contributed by atoms with E-state index in [-0.39, 0.29) is 11.6 Å². The average molecular weight is 271 g/mol. The van der Waals surface area contributed by atoms with E-state index in [0.29, 0.717) is 0 Å². The molecule has 0 amide bonds. The lowest BCUT2D eigenvalue weighted by atomic mass is 10.1. The summed E-state index contributed by atoms with van der Waals surface area (Å²) in [5.41, 5.74) is 1.27. The first-order valence-electron chi connectivity index (χ1n) is 6.49. The van der Waals surface area contributed by atoms with Gasteiger partial charge >= 0.3 is 5.97 Å². The Kier molecular flexibility index (Phi) is 4.09. The number of hydrogen-bond donors (Lipinski definition) is 0. The van der Waals surface area contributed by atoms with Crippen LogP contribution in [0.2, 0.25) is 43.9 Å². The number of ether oxygens (including phenoxy) is 1. The molecule has 0 N–H and O–H groups in total. The van der Waals surface area contributed by atoms with E-state index >= 15 is 0 Å². The van der Waals surface area contributed by atoms with Gasteiger partial charge in [0.1, 0.15) is 5.60 Å². The average Bonchev–Trinajstić information content (AvgIpc) is 2.12. The summed E-state index contributed by atoms with van der Waals surface area (Å²) >= 11 is 0. The first-order chi connectivity index (χ1) is 7.64. The first-order valence-corrected chi connectivity index (χ1v) is 13.3. The van der Waals surface area contributed by atoms with E-state index in [1.807, 2.05) is 0 Å². The monoisotopic (exact) mass is 270 g/mol. The topological polar surface area (TPSA) is 26.3 Å². The van der Waals surface area contributed by atoms with Gasteiger partial charge in [-0.05, 0) is 18.5 Å². The third kappa shape index (κ3) is 3.81. The van der Waals surface area contributed by atoms with Crippen molar-refractivity contribution in [2.45, 2.75) is 62.9 Å². The van der Waals surface area contributed by atoms with Crippen LogP contribution in [-0.2, 0) is 9.53 Å². The highest BCUT2D eigenvalue weighted by atomic mass is 28.4. The molecule has 1 aliphatic heterocycles. The summed E-state index contributed by atoms with van der Waals surface area (Å²) in [5, 5.41) is 0. The van der Waals surface area contributed by atoms with E-state index in [0.717, 1.165) is 18.5 Å². The molecule has 0 bridgehead atoms. The molecule has 0 saturated carbocycles. The summed E-state index contributed by atoms with van der Waals surface area (Å²) in [5.74, 6) is -0.247. The van der Waals surface area contributed by atoms with Crippen LogP contribution in [0.15, 0.2) is 12.7 Å². The fourth-order valence-electron chi connectivity index (χ4n) is 3.88. The zero-order chi connectivity index (χ0) is 13.3. The van der Waals surface area contributed by atoms with Crippen LogP contribution in [0.1, 0.15) is 13.3 Å². The van der Waals surface area contributed by atoms with E-state index in [9.17, 15) is 4.79 Å². The molecule has 1 aliphatic rings. The molecule has 0 unspecified atom stereocenters. The predicted octanol–water partition coefficient (Wildman–Crippen LogP) is 3.83. The Labute approximate surface area is 107 Å². The van der Waals surface area contributed by atoms with Gasteiger partial charge in [0.05, 0.1) is 0 Å². The summed E-state index contributed by atoms with van der Waals surface area (Å²) < 4.78 is 5.76. The SMILES string of the molecule is C=CC(=O)OC1(CC)C[Si](C)(C)C[Si](C)(C)C1. The molecule has 0 atom stereocenters. The van der Waals surface area contributed by atoms with Crippen LogP contribution in [0.4, 0.5) is 0 Å². The van der Waals surface area contributed by atoms with Crippen LogP contribution in [0.25, 0.3) is 0 Å². The minimum absolute atomic E-state index is 0.186. The highest BCUT2D eigenvalue weighted by Crippen LogP contribution is 2.45. The fraction of sp³-hybridized carbons (Fsp3) is 0.769.